The van der Waals surface area contributed by atoms with Crippen LogP contribution in [0.1, 0.15) is 16.9 Å². The van der Waals surface area contributed by atoms with E-state index in [1.165, 1.54) is 30.5 Å². The number of carbonyl (C=O) groups excluding carboxylic acids is 1. The minimum absolute atomic E-state index is 0.0242. The number of nitrogens with zero attached hydrogens (tertiary/aromatic N) is 1. The van der Waals surface area contributed by atoms with Gasteiger partial charge in [0.15, 0.2) is 0 Å². The minimum atomic E-state index is -3.88. The van der Waals surface area contributed by atoms with E-state index in [2.05, 4.69) is 10.0 Å². The first-order valence-corrected chi connectivity index (χ1v) is 8.21. The molecule has 0 aliphatic carbocycles. The number of halogens is 1. The molecule has 1 aromatic carbocycles. The number of carbonyl (C=O) groups is 1. The van der Waals surface area contributed by atoms with Crippen LogP contribution in [0, 0.1) is 5.82 Å². The van der Waals surface area contributed by atoms with Crippen molar-refractivity contribution < 1.29 is 17.6 Å². The van der Waals surface area contributed by atoms with E-state index in [-0.39, 0.29) is 16.5 Å². The number of aryl methyl sites for hydroxylation is 1. The maximum absolute atomic E-state index is 13.1. The molecule has 1 amide bonds. The molecule has 1 aliphatic rings. The van der Waals surface area contributed by atoms with E-state index in [1.807, 2.05) is 0 Å². The summed E-state index contributed by atoms with van der Waals surface area (Å²) in [6, 6.07) is 6.50. The molecule has 116 valence electrons. The van der Waals surface area contributed by atoms with E-state index >= 15 is 0 Å². The summed E-state index contributed by atoms with van der Waals surface area (Å²) in [5.41, 5.74) is 0.433. The lowest BCUT2D eigenvalue weighted by Gasteiger charge is -2.06. The van der Waals surface area contributed by atoms with Gasteiger partial charge in [-0.15, -0.1) is 0 Å². The summed E-state index contributed by atoms with van der Waals surface area (Å²) in [5.74, 6) is -0.836. The number of fused-ring (bicyclic) bond motifs is 1. The Morgan fingerprint density at radius 2 is 2.09 bits per heavy atom. The second kappa shape index (κ2) is 5.45. The average molecular weight is 323 g/mol. The number of benzene rings is 1. The first kappa shape index (κ1) is 14.6. The molecule has 0 bridgehead atoms. The summed E-state index contributed by atoms with van der Waals surface area (Å²) >= 11 is 0. The lowest BCUT2D eigenvalue weighted by molar-refractivity contribution is 0.0951. The van der Waals surface area contributed by atoms with Gasteiger partial charge in [0.05, 0.1) is 5.69 Å². The minimum Gasteiger partial charge on any atom is -0.351 e. The van der Waals surface area contributed by atoms with E-state index < -0.39 is 15.8 Å². The number of amides is 1. The molecule has 22 heavy (non-hydrogen) atoms. The molecule has 2 heterocycles. The second-order valence-corrected chi connectivity index (χ2v) is 6.66. The van der Waals surface area contributed by atoms with Crippen molar-refractivity contribution in [2.24, 2.45) is 0 Å². The Labute approximate surface area is 127 Å². The van der Waals surface area contributed by atoms with Crippen LogP contribution in [0.3, 0.4) is 0 Å². The first-order valence-electron chi connectivity index (χ1n) is 6.72. The lowest BCUT2D eigenvalue weighted by Crippen LogP contribution is -2.22. The van der Waals surface area contributed by atoms with Crippen LogP contribution in [-0.2, 0) is 16.6 Å². The Bertz CT molecular complexity index is 830. The maximum atomic E-state index is 13.1. The molecule has 1 aliphatic heterocycles. The highest BCUT2D eigenvalue weighted by atomic mass is 32.2. The third-order valence-electron chi connectivity index (χ3n) is 3.35. The number of rotatable bonds is 3. The van der Waals surface area contributed by atoms with E-state index in [9.17, 15) is 17.6 Å². The van der Waals surface area contributed by atoms with Crippen molar-refractivity contribution in [2.75, 3.05) is 11.3 Å². The van der Waals surface area contributed by atoms with Crippen molar-refractivity contribution in [2.45, 2.75) is 17.9 Å². The van der Waals surface area contributed by atoms with Crippen LogP contribution in [0.25, 0.3) is 0 Å². The summed E-state index contributed by atoms with van der Waals surface area (Å²) in [6.45, 7) is 1.12. The van der Waals surface area contributed by atoms with Gasteiger partial charge < -0.3 is 9.88 Å². The van der Waals surface area contributed by atoms with E-state index in [0.717, 1.165) is 12.5 Å². The molecule has 0 saturated carbocycles. The quantitative estimate of drug-likeness (QED) is 0.899. The van der Waals surface area contributed by atoms with Crippen LogP contribution in [0.4, 0.5) is 10.1 Å². The Kier molecular flexibility index (Phi) is 3.61. The van der Waals surface area contributed by atoms with Gasteiger partial charge in [-0.25, -0.2) is 12.8 Å². The van der Waals surface area contributed by atoms with Crippen LogP contribution in [0.15, 0.2) is 41.4 Å². The molecule has 2 aromatic rings. The molecule has 3 rings (SSSR count). The molecular formula is C14H14FN3O3S. The van der Waals surface area contributed by atoms with Crippen molar-refractivity contribution in [3.63, 3.8) is 0 Å². The Hall–Kier alpha value is -2.35. The molecule has 0 spiro atoms. The molecule has 0 unspecified atom stereocenters. The summed E-state index contributed by atoms with van der Waals surface area (Å²) in [5, 5.41) is 2.70. The van der Waals surface area contributed by atoms with Gasteiger partial charge in [0, 0.05) is 19.3 Å². The zero-order chi connectivity index (χ0) is 15.7. The van der Waals surface area contributed by atoms with Crippen LogP contribution >= 0.6 is 0 Å². The van der Waals surface area contributed by atoms with E-state index in [1.54, 1.807) is 4.57 Å². The fraction of sp³-hybridized carbons (Fsp3) is 0.214. The van der Waals surface area contributed by atoms with Gasteiger partial charge in [0.25, 0.3) is 15.9 Å². The first-order chi connectivity index (χ1) is 10.5. The SMILES string of the molecule is O=C1NCCCn2cc(S(=O)(=O)Nc3cccc(F)c3)cc21. The zero-order valence-electron chi connectivity index (χ0n) is 11.5. The molecule has 0 fully saturated rings. The highest BCUT2D eigenvalue weighted by Gasteiger charge is 2.23. The van der Waals surface area contributed by atoms with Crippen molar-refractivity contribution >= 4 is 21.6 Å². The highest BCUT2D eigenvalue weighted by Crippen LogP contribution is 2.20. The molecule has 0 saturated heterocycles. The number of sulfonamides is 1. The zero-order valence-corrected chi connectivity index (χ0v) is 12.4. The predicted octanol–water partition coefficient (Wildman–Crippen LogP) is 1.56. The topological polar surface area (TPSA) is 80.2 Å². The third kappa shape index (κ3) is 2.82. The number of hydrogen-bond acceptors (Lipinski definition) is 3. The van der Waals surface area contributed by atoms with Gasteiger partial charge in [-0.3, -0.25) is 9.52 Å². The van der Waals surface area contributed by atoms with Gasteiger partial charge in [-0.05, 0) is 30.7 Å². The molecule has 1 aromatic heterocycles. The molecule has 0 radical (unpaired) electrons. The number of aromatic nitrogens is 1. The number of hydrogen-bond donors (Lipinski definition) is 2. The fourth-order valence-electron chi connectivity index (χ4n) is 2.31. The van der Waals surface area contributed by atoms with Gasteiger partial charge in [-0.2, -0.15) is 0 Å². The molecule has 2 N–H and O–H groups in total. The van der Waals surface area contributed by atoms with E-state index in [4.69, 9.17) is 0 Å². The average Bonchev–Trinajstić information content (AvgIpc) is 2.81. The standard InChI is InChI=1S/C14H14FN3O3S/c15-10-3-1-4-11(7-10)17-22(20,21)12-8-13-14(19)16-5-2-6-18(13)9-12/h1,3-4,7-9,17H,2,5-6H2,(H,16,19). The van der Waals surface area contributed by atoms with Crippen LogP contribution in [0.5, 0.6) is 0 Å². The van der Waals surface area contributed by atoms with E-state index in [0.29, 0.717) is 18.8 Å². The van der Waals surface area contributed by atoms with Gasteiger partial charge >= 0.3 is 0 Å². The Morgan fingerprint density at radius 1 is 1.27 bits per heavy atom. The maximum Gasteiger partial charge on any atom is 0.267 e. The Morgan fingerprint density at radius 3 is 2.86 bits per heavy atom. The second-order valence-electron chi connectivity index (χ2n) is 4.98. The van der Waals surface area contributed by atoms with Crippen LogP contribution in [0.2, 0.25) is 0 Å². The fourth-order valence-corrected chi connectivity index (χ4v) is 3.40. The lowest BCUT2D eigenvalue weighted by atomic mass is 10.3. The normalized spacial score (nSPS) is 14.9. The third-order valence-corrected chi connectivity index (χ3v) is 4.70. The smallest absolute Gasteiger partial charge is 0.267 e. The van der Waals surface area contributed by atoms with Gasteiger partial charge in [0.1, 0.15) is 16.4 Å². The molecule has 8 heteroatoms. The largest absolute Gasteiger partial charge is 0.351 e. The van der Waals surface area contributed by atoms with Crippen molar-refractivity contribution in [3.8, 4) is 0 Å². The summed E-state index contributed by atoms with van der Waals surface area (Å²) in [7, 11) is -3.88. The predicted molar refractivity (Wildman–Crippen MR) is 78.6 cm³/mol. The molecule has 6 nitrogen and oxygen atoms in total. The summed E-state index contributed by atoms with van der Waals surface area (Å²) < 4.78 is 41.7. The highest BCUT2D eigenvalue weighted by molar-refractivity contribution is 7.92. The molecule has 0 atom stereocenters. The Balaban J connectivity index is 1.93. The van der Waals surface area contributed by atoms with Crippen molar-refractivity contribution in [1.82, 2.24) is 9.88 Å². The summed E-state index contributed by atoms with van der Waals surface area (Å²) in [4.78, 5) is 11.8. The number of nitrogens with one attached hydrogen (secondary N) is 2. The molecular weight excluding hydrogens is 309 g/mol. The van der Waals surface area contributed by atoms with Crippen molar-refractivity contribution in [3.05, 3.63) is 48.0 Å². The van der Waals surface area contributed by atoms with Crippen molar-refractivity contribution in [1.29, 1.82) is 0 Å². The van der Waals surface area contributed by atoms with Gasteiger partial charge in [0.2, 0.25) is 0 Å². The monoisotopic (exact) mass is 323 g/mol. The van der Waals surface area contributed by atoms with Crippen LogP contribution in [-0.4, -0.2) is 25.4 Å². The van der Waals surface area contributed by atoms with Gasteiger partial charge in [-0.1, -0.05) is 6.07 Å². The van der Waals surface area contributed by atoms with Crippen LogP contribution < -0.4 is 10.0 Å². The number of anilines is 1. The summed E-state index contributed by atoms with van der Waals surface area (Å²) in [6.07, 6.45) is 2.14.